The molecule has 1 N–H and O–H groups in total. The van der Waals surface area contributed by atoms with Crippen LogP contribution in [0.2, 0.25) is 0 Å². The normalized spacial score (nSPS) is 19.2. The van der Waals surface area contributed by atoms with E-state index in [1.165, 1.54) is 12.5 Å². The van der Waals surface area contributed by atoms with E-state index in [1.807, 2.05) is 47.4 Å². The second-order valence-electron chi connectivity index (χ2n) is 9.20. The number of rotatable bonds is 4. The Kier molecular flexibility index (Phi) is 6.34. The van der Waals surface area contributed by atoms with Crippen LogP contribution < -0.4 is 5.32 Å². The molecule has 7 nitrogen and oxygen atoms in total. The molecule has 34 heavy (non-hydrogen) atoms. The number of amides is 3. The molecular formula is C27H29N3O4. The molecule has 0 bridgehead atoms. The maximum atomic E-state index is 13.3. The van der Waals surface area contributed by atoms with E-state index in [0.29, 0.717) is 37.3 Å². The number of fused-ring (bicyclic) bond motifs is 1. The van der Waals surface area contributed by atoms with Crippen molar-refractivity contribution in [2.75, 3.05) is 26.2 Å². The number of likely N-dealkylation sites (tertiary alicyclic amines) is 2. The molecule has 0 spiro atoms. The topological polar surface area (TPSA) is 82.9 Å². The smallest absolute Gasteiger partial charge is 0.257 e. The molecule has 3 aromatic rings. The van der Waals surface area contributed by atoms with Gasteiger partial charge in [0.1, 0.15) is 6.26 Å². The highest BCUT2D eigenvalue weighted by Crippen LogP contribution is 2.24. The lowest BCUT2D eigenvalue weighted by Crippen LogP contribution is -2.50. The SMILES string of the molecule is O=C(NC1CCN(C(=O)c2ccoc2)CC1)C1CCCN(C(=O)c2cccc3ccccc23)C1. The van der Waals surface area contributed by atoms with Gasteiger partial charge in [0.05, 0.1) is 17.7 Å². The lowest BCUT2D eigenvalue weighted by atomic mass is 9.94. The number of hydrogen-bond donors (Lipinski definition) is 1. The standard InChI is InChI=1S/C27H29N3O4/c31-25(28-22-10-14-29(15-11-22)26(32)21-12-16-34-18-21)20-7-4-13-30(17-20)27(33)24-9-3-6-19-5-1-2-8-23(19)24/h1-3,5-6,8-9,12,16,18,20,22H,4,7,10-11,13-15,17H2,(H,28,31). The molecular weight excluding hydrogens is 430 g/mol. The molecule has 0 saturated carbocycles. The molecule has 176 valence electrons. The highest BCUT2D eigenvalue weighted by molar-refractivity contribution is 6.07. The van der Waals surface area contributed by atoms with Crippen LogP contribution in [-0.4, -0.2) is 59.7 Å². The Morgan fingerprint density at radius 3 is 2.44 bits per heavy atom. The van der Waals surface area contributed by atoms with E-state index in [1.54, 1.807) is 11.0 Å². The minimum Gasteiger partial charge on any atom is -0.472 e. The van der Waals surface area contributed by atoms with E-state index in [-0.39, 0.29) is 29.7 Å². The summed E-state index contributed by atoms with van der Waals surface area (Å²) >= 11 is 0. The summed E-state index contributed by atoms with van der Waals surface area (Å²) in [4.78, 5) is 42.5. The second kappa shape index (κ2) is 9.71. The van der Waals surface area contributed by atoms with Gasteiger partial charge in [-0.25, -0.2) is 0 Å². The molecule has 2 aromatic carbocycles. The van der Waals surface area contributed by atoms with Gasteiger partial charge in [0.2, 0.25) is 5.91 Å². The largest absolute Gasteiger partial charge is 0.472 e. The first-order chi connectivity index (χ1) is 16.6. The number of nitrogens with zero attached hydrogens (tertiary/aromatic N) is 2. The summed E-state index contributed by atoms with van der Waals surface area (Å²) in [5.41, 5.74) is 1.24. The number of carbonyl (C=O) groups is 3. The fraction of sp³-hybridized carbons (Fsp3) is 0.370. The fourth-order valence-corrected chi connectivity index (χ4v) is 5.07. The molecule has 7 heteroatoms. The average Bonchev–Trinajstić information content (AvgIpc) is 3.43. The quantitative estimate of drug-likeness (QED) is 0.645. The van der Waals surface area contributed by atoms with Crippen LogP contribution in [0.3, 0.4) is 0 Å². The zero-order valence-corrected chi connectivity index (χ0v) is 19.1. The van der Waals surface area contributed by atoms with Gasteiger partial charge in [-0.2, -0.15) is 0 Å². The van der Waals surface area contributed by atoms with Crippen molar-refractivity contribution in [2.45, 2.75) is 31.7 Å². The van der Waals surface area contributed by atoms with Crippen LogP contribution in [0.15, 0.2) is 65.5 Å². The van der Waals surface area contributed by atoms with Crippen molar-refractivity contribution in [3.63, 3.8) is 0 Å². The summed E-state index contributed by atoms with van der Waals surface area (Å²) in [6.07, 6.45) is 6.00. The first-order valence-electron chi connectivity index (χ1n) is 12.0. The molecule has 1 aromatic heterocycles. The second-order valence-corrected chi connectivity index (χ2v) is 9.20. The van der Waals surface area contributed by atoms with Gasteiger partial charge in [-0.1, -0.05) is 36.4 Å². The molecule has 3 amide bonds. The Labute approximate surface area is 198 Å². The van der Waals surface area contributed by atoms with Crippen molar-refractivity contribution >= 4 is 28.5 Å². The molecule has 0 radical (unpaired) electrons. The van der Waals surface area contributed by atoms with Crippen LogP contribution in [0.4, 0.5) is 0 Å². The van der Waals surface area contributed by atoms with E-state index in [0.717, 1.165) is 36.5 Å². The van der Waals surface area contributed by atoms with Crippen molar-refractivity contribution < 1.29 is 18.8 Å². The van der Waals surface area contributed by atoms with Crippen LogP contribution in [0.25, 0.3) is 10.8 Å². The zero-order valence-electron chi connectivity index (χ0n) is 19.1. The molecule has 3 heterocycles. The third-order valence-corrected chi connectivity index (χ3v) is 7.00. The van der Waals surface area contributed by atoms with Crippen molar-refractivity contribution in [1.29, 1.82) is 0 Å². The lowest BCUT2D eigenvalue weighted by Gasteiger charge is -2.35. The molecule has 0 aliphatic carbocycles. The van der Waals surface area contributed by atoms with Gasteiger partial charge in [-0.3, -0.25) is 14.4 Å². The Morgan fingerprint density at radius 2 is 1.65 bits per heavy atom. The fourth-order valence-electron chi connectivity index (χ4n) is 5.07. The van der Waals surface area contributed by atoms with Crippen molar-refractivity contribution in [2.24, 2.45) is 5.92 Å². The first-order valence-corrected chi connectivity index (χ1v) is 12.0. The lowest BCUT2D eigenvalue weighted by molar-refractivity contribution is -0.127. The van der Waals surface area contributed by atoms with Crippen molar-refractivity contribution in [3.05, 3.63) is 72.2 Å². The Balaban J connectivity index is 1.17. The zero-order chi connectivity index (χ0) is 23.5. The van der Waals surface area contributed by atoms with Crippen LogP contribution >= 0.6 is 0 Å². The maximum Gasteiger partial charge on any atom is 0.257 e. The van der Waals surface area contributed by atoms with E-state index in [9.17, 15) is 14.4 Å². The number of hydrogen-bond acceptors (Lipinski definition) is 4. The van der Waals surface area contributed by atoms with Crippen LogP contribution in [0.5, 0.6) is 0 Å². The summed E-state index contributed by atoms with van der Waals surface area (Å²) < 4.78 is 5.01. The van der Waals surface area contributed by atoms with Crippen molar-refractivity contribution in [1.82, 2.24) is 15.1 Å². The Morgan fingerprint density at radius 1 is 0.853 bits per heavy atom. The number of benzene rings is 2. The van der Waals surface area contributed by atoms with Gasteiger partial charge in [-0.05, 0) is 48.6 Å². The average molecular weight is 460 g/mol. The third-order valence-electron chi connectivity index (χ3n) is 7.00. The summed E-state index contributed by atoms with van der Waals surface area (Å²) in [6.45, 7) is 2.31. The van der Waals surface area contributed by atoms with Crippen molar-refractivity contribution in [3.8, 4) is 0 Å². The molecule has 2 fully saturated rings. The predicted molar refractivity (Wildman–Crippen MR) is 128 cm³/mol. The van der Waals surface area contributed by atoms with Gasteiger partial charge < -0.3 is 19.5 Å². The molecule has 1 atom stereocenters. The highest BCUT2D eigenvalue weighted by atomic mass is 16.3. The highest BCUT2D eigenvalue weighted by Gasteiger charge is 2.32. The summed E-state index contributed by atoms with van der Waals surface area (Å²) in [5.74, 6) is -0.248. The number of carbonyl (C=O) groups excluding carboxylic acids is 3. The number of furan rings is 1. The molecule has 2 saturated heterocycles. The van der Waals surface area contributed by atoms with Gasteiger partial charge in [0.25, 0.3) is 11.8 Å². The summed E-state index contributed by atoms with van der Waals surface area (Å²) in [5, 5.41) is 5.16. The van der Waals surface area contributed by atoms with Crippen LogP contribution in [0, 0.1) is 5.92 Å². The summed E-state index contributed by atoms with van der Waals surface area (Å²) in [7, 11) is 0. The van der Waals surface area contributed by atoms with E-state index in [4.69, 9.17) is 4.42 Å². The van der Waals surface area contributed by atoms with Crippen LogP contribution in [0.1, 0.15) is 46.4 Å². The van der Waals surface area contributed by atoms with E-state index in [2.05, 4.69) is 5.32 Å². The molecule has 5 rings (SSSR count). The molecule has 1 unspecified atom stereocenters. The van der Waals surface area contributed by atoms with E-state index >= 15 is 0 Å². The van der Waals surface area contributed by atoms with Crippen LogP contribution in [-0.2, 0) is 4.79 Å². The summed E-state index contributed by atoms with van der Waals surface area (Å²) in [6, 6.07) is 15.4. The minimum atomic E-state index is -0.210. The third kappa shape index (κ3) is 4.55. The number of piperidine rings is 2. The maximum absolute atomic E-state index is 13.3. The molecule has 2 aliphatic rings. The Bertz CT molecular complexity index is 1180. The molecule has 2 aliphatic heterocycles. The Hall–Kier alpha value is -3.61. The van der Waals surface area contributed by atoms with Gasteiger partial charge in [0.15, 0.2) is 0 Å². The van der Waals surface area contributed by atoms with E-state index < -0.39 is 0 Å². The number of nitrogens with one attached hydrogen (secondary N) is 1. The minimum absolute atomic E-state index is 0.00929. The predicted octanol–water partition coefficient (Wildman–Crippen LogP) is 3.71. The van der Waals surface area contributed by atoms with Gasteiger partial charge in [-0.15, -0.1) is 0 Å². The van der Waals surface area contributed by atoms with Gasteiger partial charge >= 0.3 is 0 Å². The van der Waals surface area contributed by atoms with Gasteiger partial charge in [0, 0.05) is 37.8 Å². The monoisotopic (exact) mass is 459 g/mol. The first kappa shape index (κ1) is 22.2.